The minimum Gasteiger partial charge on any atom is -0.505 e. The van der Waals surface area contributed by atoms with Crippen LogP contribution in [-0.2, 0) is 0 Å². The van der Waals surface area contributed by atoms with E-state index >= 15 is 0 Å². The number of para-hydroxylation sites is 1. The van der Waals surface area contributed by atoms with Crippen molar-refractivity contribution in [3.05, 3.63) is 102 Å². The Bertz CT molecular complexity index is 1120. The van der Waals surface area contributed by atoms with Gasteiger partial charge in [0.1, 0.15) is 11.3 Å². The smallest absolute Gasteiger partial charge is 0.146 e. The Kier molecular flexibility index (Phi) is 5.08. The van der Waals surface area contributed by atoms with Gasteiger partial charge in [0.15, 0.2) is 0 Å². The molecule has 4 heteroatoms. The normalized spacial score (nSPS) is 15.9. The highest BCUT2D eigenvalue weighted by atomic mass is 16.3. The molecule has 150 valence electrons. The number of piperazine rings is 1. The van der Waals surface area contributed by atoms with Crippen LogP contribution in [0.4, 0.5) is 5.69 Å². The zero-order valence-corrected chi connectivity index (χ0v) is 16.9. The summed E-state index contributed by atoms with van der Waals surface area (Å²) in [7, 11) is 0. The molecule has 0 unspecified atom stereocenters. The lowest BCUT2D eigenvalue weighted by Gasteiger charge is -2.40. The number of hydrogen-bond donors (Lipinski definition) is 1. The molecule has 0 radical (unpaired) electrons. The maximum Gasteiger partial charge on any atom is 0.146 e. The van der Waals surface area contributed by atoms with E-state index in [0.29, 0.717) is 5.52 Å². The third kappa shape index (κ3) is 3.51. The predicted molar refractivity (Wildman–Crippen MR) is 122 cm³/mol. The maximum absolute atomic E-state index is 11.1. The number of benzene rings is 3. The van der Waals surface area contributed by atoms with Crippen LogP contribution in [0.1, 0.15) is 17.2 Å². The van der Waals surface area contributed by atoms with Crippen molar-refractivity contribution in [1.29, 1.82) is 0 Å². The molecule has 1 aliphatic heterocycles. The zero-order valence-electron chi connectivity index (χ0n) is 16.9. The van der Waals surface area contributed by atoms with Crippen molar-refractivity contribution >= 4 is 16.6 Å². The molecule has 1 aromatic heterocycles. The highest BCUT2D eigenvalue weighted by Gasteiger charge is 2.29. The Morgan fingerprint density at radius 1 is 0.733 bits per heavy atom. The van der Waals surface area contributed by atoms with Crippen molar-refractivity contribution in [3.63, 3.8) is 0 Å². The van der Waals surface area contributed by atoms with Crippen LogP contribution in [0.2, 0.25) is 0 Å². The van der Waals surface area contributed by atoms with E-state index in [1.807, 2.05) is 18.2 Å². The average molecular weight is 396 g/mol. The standard InChI is InChI=1S/C26H25N3O/c30-26-23(14-13-20-10-7-15-27-24(20)26)25(21-8-3-1-4-9-21)29-18-16-28(17-19-29)22-11-5-2-6-12-22/h1-15,25,30H,16-19H2/t25-/m0/s1. The Balaban J connectivity index is 1.49. The first-order chi connectivity index (χ1) is 14.8. The molecule has 0 amide bonds. The number of hydrogen-bond acceptors (Lipinski definition) is 4. The van der Waals surface area contributed by atoms with E-state index < -0.39 is 0 Å². The third-order valence-electron chi connectivity index (χ3n) is 5.99. The van der Waals surface area contributed by atoms with Crippen LogP contribution < -0.4 is 4.90 Å². The van der Waals surface area contributed by atoms with Crippen LogP contribution in [0.25, 0.3) is 10.9 Å². The van der Waals surface area contributed by atoms with Gasteiger partial charge in [0.25, 0.3) is 0 Å². The number of aromatic nitrogens is 1. The average Bonchev–Trinajstić information content (AvgIpc) is 2.83. The molecule has 1 saturated heterocycles. The molecule has 4 nitrogen and oxygen atoms in total. The van der Waals surface area contributed by atoms with Crippen LogP contribution in [0.15, 0.2) is 91.1 Å². The molecule has 3 aromatic carbocycles. The van der Waals surface area contributed by atoms with Gasteiger partial charge in [-0.15, -0.1) is 0 Å². The summed E-state index contributed by atoms with van der Waals surface area (Å²) in [5, 5.41) is 12.1. The maximum atomic E-state index is 11.1. The fourth-order valence-corrected chi connectivity index (χ4v) is 4.47. The fraction of sp³-hybridized carbons (Fsp3) is 0.192. The SMILES string of the molecule is Oc1c([C@H](c2ccccc2)N2CCN(c3ccccc3)CC2)ccc2cccnc12. The fourth-order valence-electron chi connectivity index (χ4n) is 4.47. The molecule has 0 spiro atoms. The van der Waals surface area contributed by atoms with Gasteiger partial charge < -0.3 is 10.0 Å². The van der Waals surface area contributed by atoms with E-state index in [0.717, 1.165) is 37.1 Å². The van der Waals surface area contributed by atoms with Gasteiger partial charge in [0.2, 0.25) is 0 Å². The van der Waals surface area contributed by atoms with Crippen LogP contribution >= 0.6 is 0 Å². The van der Waals surface area contributed by atoms with E-state index in [1.165, 1.54) is 11.3 Å². The van der Waals surface area contributed by atoms with Crippen molar-refractivity contribution in [2.45, 2.75) is 6.04 Å². The van der Waals surface area contributed by atoms with Crippen LogP contribution in [0.3, 0.4) is 0 Å². The lowest BCUT2D eigenvalue weighted by Crippen LogP contribution is -2.48. The molecule has 2 heterocycles. The second kappa shape index (κ2) is 8.17. The molecular formula is C26H25N3O. The Hall–Kier alpha value is -3.37. The van der Waals surface area contributed by atoms with Gasteiger partial charge in [-0.05, 0) is 23.8 Å². The van der Waals surface area contributed by atoms with Gasteiger partial charge in [0.05, 0.1) is 6.04 Å². The summed E-state index contributed by atoms with van der Waals surface area (Å²) in [6.45, 7) is 3.77. The number of aromatic hydroxyl groups is 1. The van der Waals surface area contributed by atoms with E-state index in [4.69, 9.17) is 0 Å². The molecule has 0 aliphatic carbocycles. The molecule has 0 saturated carbocycles. The zero-order chi connectivity index (χ0) is 20.3. The van der Waals surface area contributed by atoms with Crippen LogP contribution in [0.5, 0.6) is 5.75 Å². The molecular weight excluding hydrogens is 370 g/mol. The number of fused-ring (bicyclic) bond motifs is 1. The van der Waals surface area contributed by atoms with E-state index in [-0.39, 0.29) is 11.8 Å². The molecule has 5 rings (SSSR count). The van der Waals surface area contributed by atoms with Gasteiger partial charge in [-0.2, -0.15) is 0 Å². The third-order valence-corrected chi connectivity index (χ3v) is 5.99. The molecule has 0 bridgehead atoms. The van der Waals surface area contributed by atoms with Crippen LogP contribution in [-0.4, -0.2) is 41.2 Å². The molecule has 30 heavy (non-hydrogen) atoms. The number of nitrogens with zero attached hydrogens (tertiary/aromatic N) is 3. The lowest BCUT2D eigenvalue weighted by atomic mass is 9.94. The van der Waals surface area contributed by atoms with Crippen molar-refractivity contribution < 1.29 is 5.11 Å². The quantitative estimate of drug-likeness (QED) is 0.536. The van der Waals surface area contributed by atoms with Gasteiger partial charge in [-0.3, -0.25) is 9.88 Å². The number of anilines is 1. The first kappa shape index (κ1) is 18.6. The lowest BCUT2D eigenvalue weighted by molar-refractivity contribution is 0.209. The number of phenolic OH excluding ortho intramolecular Hbond substituents is 1. The first-order valence-corrected chi connectivity index (χ1v) is 10.5. The molecule has 1 N–H and O–H groups in total. The molecule has 1 fully saturated rings. The summed E-state index contributed by atoms with van der Waals surface area (Å²) >= 11 is 0. The van der Waals surface area contributed by atoms with Crippen molar-refractivity contribution in [2.75, 3.05) is 31.1 Å². The highest BCUT2D eigenvalue weighted by Crippen LogP contribution is 2.38. The Labute approximate surface area is 177 Å². The topological polar surface area (TPSA) is 39.6 Å². The summed E-state index contributed by atoms with van der Waals surface area (Å²) in [5.41, 5.74) is 4.04. The monoisotopic (exact) mass is 395 g/mol. The van der Waals surface area contributed by atoms with Crippen LogP contribution in [0, 0.1) is 0 Å². The predicted octanol–water partition coefficient (Wildman–Crippen LogP) is 4.85. The number of pyridine rings is 1. The minimum atomic E-state index is -0.00414. The van der Waals surface area contributed by atoms with Crippen molar-refractivity contribution in [1.82, 2.24) is 9.88 Å². The summed E-state index contributed by atoms with van der Waals surface area (Å²) in [5.74, 6) is 0.285. The van der Waals surface area contributed by atoms with E-state index in [1.54, 1.807) is 6.20 Å². The van der Waals surface area contributed by atoms with E-state index in [9.17, 15) is 5.11 Å². The van der Waals surface area contributed by atoms with E-state index in [2.05, 4.69) is 81.5 Å². The number of rotatable bonds is 4. The van der Waals surface area contributed by atoms with Gasteiger partial charge in [-0.1, -0.05) is 66.7 Å². The second-order valence-corrected chi connectivity index (χ2v) is 7.75. The molecule has 1 aliphatic rings. The Morgan fingerprint density at radius 3 is 2.17 bits per heavy atom. The summed E-state index contributed by atoms with van der Waals surface area (Å²) < 4.78 is 0. The van der Waals surface area contributed by atoms with Gasteiger partial charge in [0, 0.05) is 49.0 Å². The molecule has 4 aromatic rings. The first-order valence-electron chi connectivity index (χ1n) is 10.5. The summed E-state index contributed by atoms with van der Waals surface area (Å²) in [4.78, 5) is 9.34. The molecule has 1 atom stereocenters. The Morgan fingerprint density at radius 2 is 1.43 bits per heavy atom. The summed E-state index contributed by atoms with van der Waals surface area (Å²) in [6.07, 6.45) is 1.74. The summed E-state index contributed by atoms with van der Waals surface area (Å²) in [6, 6.07) is 29.1. The van der Waals surface area contributed by atoms with Gasteiger partial charge >= 0.3 is 0 Å². The number of phenols is 1. The second-order valence-electron chi connectivity index (χ2n) is 7.75. The van der Waals surface area contributed by atoms with Crippen molar-refractivity contribution in [2.24, 2.45) is 0 Å². The van der Waals surface area contributed by atoms with Gasteiger partial charge in [-0.25, -0.2) is 0 Å². The minimum absolute atomic E-state index is 0.00414. The largest absolute Gasteiger partial charge is 0.505 e. The highest BCUT2D eigenvalue weighted by molar-refractivity contribution is 5.85. The van der Waals surface area contributed by atoms with Crippen molar-refractivity contribution in [3.8, 4) is 5.75 Å².